The van der Waals surface area contributed by atoms with E-state index in [4.69, 9.17) is 0 Å². The van der Waals surface area contributed by atoms with Crippen LogP contribution in [-0.2, 0) is 7.05 Å². The molecule has 0 amide bonds. The average Bonchev–Trinajstić information content (AvgIpc) is 3.13. The van der Waals surface area contributed by atoms with Gasteiger partial charge >= 0.3 is 0 Å². The zero-order chi connectivity index (χ0) is 16.7. The molecule has 4 aromatic rings. The standard InChI is InChI=1S/C18H18N6/c1-11-10-24(3)23-17(11)21-16-9-15(13-4-6-19-12(2)8-13)14-5-7-20-18(14)22-16/h4-10H,1-3H3,(H2,20,21,22,23). The van der Waals surface area contributed by atoms with Crippen LogP contribution in [0.4, 0.5) is 11.6 Å². The molecule has 0 saturated carbocycles. The Kier molecular flexibility index (Phi) is 3.30. The number of fused-ring (bicyclic) bond motifs is 1. The summed E-state index contributed by atoms with van der Waals surface area (Å²) in [5, 5.41) is 8.84. The van der Waals surface area contributed by atoms with E-state index in [0.717, 1.165) is 45.1 Å². The molecule has 0 atom stereocenters. The second kappa shape index (κ2) is 5.49. The van der Waals surface area contributed by atoms with Crippen LogP contribution in [0.25, 0.3) is 22.2 Å². The third-order valence-corrected chi connectivity index (χ3v) is 3.99. The second-order valence-corrected chi connectivity index (χ2v) is 5.94. The van der Waals surface area contributed by atoms with Crippen molar-refractivity contribution in [1.82, 2.24) is 24.7 Å². The first-order chi connectivity index (χ1) is 11.6. The highest BCUT2D eigenvalue weighted by atomic mass is 15.3. The maximum Gasteiger partial charge on any atom is 0.156 e. The van der Waals surface area contributed by atoms with E-state index >= 15 is 0 Å². The van der Waals surface area contributed by atoms with E-state index in [1.165, 1.54) is 0 Å². The zero-order valence-corrected chi connectivity index (χ0v) is 13.8. The molecule has 0 saturated heterocycles. The van der Waals surface area contributed by atoms with E-state index in [1.54, 1.807) is 4.68 Å². The Morgan fingerprint density at radius 2 is 2.04 bits per heavy atom. The lowest BCUT2D eigenvalue weighted by molar-refractivity contribution is 0.770. The minimum atomic E-state index is 0.760. The summed E-state index contributed by atoms with van der Waals surface area (Å²) in [4.78, 5) is 12.1. The number of hydrogen-bond acceptors (Lipinski definition) is 4. The van der Waals surface area contributed by atoms with Crippen LogP contribution in [0.5, 0.6) is 0 Å². The topological polar surface area (TPSA) is 71.4 Å². The summed E-state index contributed by atoms with van der Waals surface area (Å²) in [7, 11) is 1.91. The molecule has 0 radical (unpaired) electrons. The van der Waals surface area contributed by atoms with Gasteiger partial charge in [-0.2, -0.15) is 5.10 Å². The summed E-state index contributed by atoms with van der Waals surface area (Å²) in [6.45, 7) is 4.02. The van der Waals surface area contributed by atoms with Crippen molar-refractivity contribution in [3.05, 3.63) is 54.1 Å². The van der Waals surface area contributed by atoms with E-state index < -0.39 is 0 Å². The first-order valence-corrected chi connectivity index (χ1v) is 7.78. The number of aromatic amines is 1. The minimum absolute atomic E-state index is 0.760. The highest BCUT2D eigenvalue weighted by Crippen LogP contribution is 2.31. The average molecular weight is 318 g/mol. The van der Waals surface area contributed by atoms with E-state index in [0.29, 0.717) is 0 Å². The molecular weight excluding hydrogens is 300 g/mol. The molecule has 6 heteroatoms. The smallest absolute Gasteiger partial charge is 0.156 e. The number of H-pyrrole nitrogens is 1. The van der Waals surface area contributed by atoms with Crippen molar-refractivity contribution in [3.63, 3.8) is 0 Å². The molecule has 24 heavy (non-hydrogen) atoms. The molecule has 4 aromatic heterocycles. The molecule has 0 spiro atoms. The lowest BCUT2D eigenvalue weighted by Gasteiger charge is -2.09. The molecule has 4 heterocycles. The second-order valence-electron chi connectivity index (χ2n) is 5.94. The fourth-order valence-electron chi connectivity index (χ4n) is 2.91. The van der Waals surface area contributed by atoms with Gasteiger partial charge in [-0.3, -0.25) is 9.67 Å². The molecule has 4 rings (SSSR count). The van der Waals surface area contributed by atoms with Crippen molar-refractivity contribution in [2.45, 2.75) is 13.8 Å². The van der Waals surface area contributed by atoms with E-state index in [1.807, 2.05) is 51.6 Å². The number of hydrogen-bond donors (Lipinski definition) is 2. The first-order valence-electron chi connectivity index (χ1n) is 7.78. The lowest BCUT2D eigenvalue weighted by atomic mass is 10.0. The van der Waals surface area contributed by atoms with Gasteiger partial charge in [-0.15, -0.1) is 0 Å². The van der Waals surface area contributed by atoms with Crippen molar-refractivity contribution in [2.75, 3.05) is 5.32 Å². The van der Waals surface area contributed by atoms with Gasteiger partial charge in [0.2, 0.25) is 0 Å². The predicted molar refractivity (Wildman–Crippen MR) is 95.3 cm³/mol. The van der Waals surface area contributed by atoms with Gasteiger partial charge in [-0.25, -0.2) is 4.98 Å². The number of pyridine rings is 2. The van der Waals surface area contributed by atoms with Gasteiger partial charge in [0, 0.05) is 42.3 Å². The number of aromatic nitrogens is 5. The monoisotopic (exact) mass is 318 g/mol. The fraction of sp³-hybridized carbons (Fsp3) is 0.167. The van der Waals surface area contributed by atoms with Crippen LogP contribution < -0.4 is 5.32 Å². The van der Waals surface area contributed by atoms with Crippen LogP contribution in [0.2, 0.25) is 0 Å². The van der Waals surface area contributed by atoms with Gasteiger partial charge in [-0.05, 0) is 49.2 Å². The number of rotatable bonds is 3. The van der Waals surface area contributed by atoms with Crippen LogP contribution in [0, 0.1) is 13.8 Å². The molecule has 0 aliphatic heterocycles. The van der Waals surface area contributed by atoms with Crippen molar-refractivity contribution in [2.24, 2.45) is 7.05 Å². The van der Waals surface area contributed by atoms with Crippen LogP contribution in [0.15, 0.2) is 42.9 Å². The summed E-state index contributed by atoms with van der Waals surface area (Å²) in [6, 6.07) is 8.20. The van der Waals surface area contributed by atoms with Crippen LogP contribution in [0.1, 0.15) is 11.3 Å². The molecular formula is C18H18N6. The predicted octanol–water partition coefficient (Wildman–Crippen LogP) is 3.72. The van der Waals surface area contributed by atoms with E-state index in [9.17, 15) is 0 Å². The quantitative estimate of drug-likeness (QED) is 0.604. The Bertz CT molecular complexity index is 1030. The highest BCUT2D eigenvalue weighted by Gasteiger charge is 2.11. The Morgan fingerprint density at radius 1 is 1.17 bits per heavy atom. The fourth-order valence-corrected chi connectivity index (χ4v) is 2.91. The third-order valence-electron chi connectivity index (χ3n) is 3.99. The molecule has 120 valence electrons. The van der Waals surface area contributed by atoms with Gasteiger partial charge in [-0.1, -0.05) is 0 Å². The summed E-state index contributed by atoms with van der Waals surface area (Å²) < 4.78 is 1.79. The summed E-state index contributed by atoms with van der Waals surface area (Å²) in [5.74, 6) is 1.57. The molecule has 0 aliphatic carbocycles. The van der Waals surface area contributed by atoms with Crippen molar-refractivity contribution >= 4 is 22.7 Å². The molecule has 0 aromatic carbocycles. The van der Waals surface area contributed by atoms with Gasteiger partial charge < -0.3 is 10.3 Å². The van der Waals surface area contributed by atoms with E-state index in [2.05, 4.69) is 37.5 Å². The van der Waals surface area contributed by atoms with Crippen LogP contribution in [-0.4, -0.2) is 24.7 Å². The summed E-state index contributed by atoms with van der Waals surface area (Å²) in [6.07, 6.45) is 5.72. The van der Waals surface area contributed by atoms with E-state index in [-0.39, 0.29) is 0 Å². The largest absolute Gasteiger partial charge is 0.346 e. The van der Waals surface area contributed by atoms with Crippen molar-refractivity contribution in [3.8, 4) is 11.1 Å². The first kappa shape index (κ1) is 14.4. The SMILES string of the molecule is Cc1cc(-c2cc(Nc3nn(C)cc3C)nc3[nH]ccc23)ccn1. The molecule has 0 aliphatic rings. The molecule has 0 unspecified atom stereocenters. The van der Waals surface area contributed by atoms with Crippen LogP contribution in [0.3, 0.4) is 0 Å². The Hall–Kier alpha value is -3.15. The maximum absolute atomic E-state index is 4.66. The normalized spacial score (nSPS) is 11.1. The van der Waals surface area contributed by atoms with Gasteiger partial charge in [0.05, 0.1) is 0 Å². The Morgan fingerprint density at radius 3 is 2.79 bits per heavy atom. The van der Waals surface area contributed by atoms with Crippen molar-refractivity contribution < 1.29 is 0 Å². The van der Waals surface area contributed by atoms with Gasteiger partial charge in [0.25, 0.3) is 0 Å². The minimum Gasteiger partial charge on any atom is -0.346 e. The summed E-state index contributed by atoms with van der Waals surface area (Å²) >= 11 is 0. The Labute approximate surface area is 139 Å². The summed E-state index contributed by atoms with van der Waals surface area (Å²) in [5.41, 5.74) is 5.14. The van der Waals surface area contributed by atoms with Gasteiger partial charge in [0.15, 0.2) is 5.82 Å². The number of anilines is 2. The highest BCUT2D eigenvalue weighted by molar-refractivity contribution is 5.95. The number of nitrogens with one attached hydrogen (secondary N) is 2. The maximum atomic E-state index is 4.66. The molecule has 2 N–H and O–H groups in total. The zero-order valence-electron chi connectivity index (χ0n) is 13.8. The number of aryl methyl sites for hydroxylation is 3. The molecule has 0 fully saturated rings. The lowest BCUT2D eigenvalue weighted by Crippen LogP contribution is -1.98. The van der Waals surface area contributed by atoms with Crippen LogP contribution >= 0.6 is 0 Å². The van der Waals surface area contributed by atoms with Crippen molar-refractivity contribution in [1.29, 1.82) is 0 Å². The van der Waals surface area contributed by atoms with Gasteiger partial charge in [0.1, 0.15) is 11.5 Å². The third kappa shape index (κ3) is 2.52. The number of nitrogens with zero attached hydrogens (tertiary/aromatic N) is 4. The molecule has 0 bridgehead atoms. The Balaban J connectivity index is 1.84. The molecule has 6 nitrogen and oxygen atoms in total.